The van der Waals surface area contributed by atoms with Crippen molar-refractivity contribution < 1.29 is 13.2 Å². The topological polar surface area (TPSA) is 35.8 Å². The van der Waals surface area contributed by atoms with E-state index in [0.29, 0.717) is 22.0 Å². The second-order valence-corrected chi connectivity index (χ2v) is 4.44. The number of rotatable bonds is 2. The standard InChI is InChI=1S/C14H8ClF3N2/c15-11-3-6-13(9(7-11)8-19)20-12-4-1-10(2-5-12)14(16,17)18/h1-7,20H. The molecular weight excluding hydrogens is 289 g/mol. The fraction of sp³-hybridized carbons (Fsp3) is 0.0714. The number of nitriles is 1. The fourth-order valence-corrected chi connectivity index (χ4v) is 1.79. The van der Waals surface area contributed by atoms with Crippen molar-refractivity contribution in [2.75, 3.05) is 5.32 Å². The zero-order valence-corrected chi connectivity index (χ0v) is 10.8. The Kier molecular flexibility index (Phi) is 3.86. The van der Waals surface area contributed by atoms with Crippen molar-refractivity contribution in [2.45, 2.75) is 6.18 Å². The summed E-state index contributed by atoms with van der Waals surface area (Å²) in [5.74, 6) is 0. The summed E-state index contributed by atoms with van der Waals surface area (Å²) in [7, 11) is 0. The van der Waals surface area contributed by atoms with E-state index >= 15 is 0 Å². The monoisotopic (exact) mass is 296 g/mol. The molecule has 20 heavy (non-hydrogen) atoms. The average Bonchev–Trinajstić information content (AvgIpc) is 2.40. The smallest absolute Gasteiger partial charge is 0.354 e. The number of hydrogen-bond acceptors (Lipinski definition) is 2. The summed E-state index contributed by atoms with van der Waals surface area (Å²) in [6.45, 7) is 0. The molecule has 0 saturated heterocycles. The van der Waals surface area contributed by atoms with Gasteiger partial charge in [-0.3, -0.25) is 0 Å². The first-order valence-electron chi connectivity index (χ1n) is 5.54. The normalized spacial score (nSPS) is 10.9. The molecule has 6 heteroatoms. The summed E-state index contributed by atoms with van der Waals surface area (Å²) < 4.78 is 37.3. The van der Waals surface area contributed by atoms with Gasteiger partial charge < -0.3 is 5.32 Å². The van der Waals surface area contributed by atoms with E-state index in [2.05, 4.69) is 5.32 Å². The second kappa shape index (κ2) is 5.43. The van der Waals surface area contributed by atoms with E-state index in [9.17, 15) is 13.2 Å². The molecule has 0 bridgehead atoms. The van der Waals surface area contributed by atoms with Crippen molar-refractivity contribution in [3.05, 3.63) is 58.6 Å². The Balaban J connectivity index is 2.25. The van der Waals surface area contributed by atoms with Crippen molar-refractivity contribution in [3.63, 3.8) is 0 Å². The summed E-state index contributed by atoms with van der Waals surface area (Å²) in [4.78, 5) is 0. The van der Waals surface area contributed by atoms with Gasteiger partial charge in [0.05, 0.1) is 16.8 Å². The van der Waals surface area contributed by atoms with Crippen LogP contribution in [0, 0.1) is 11.3 Å². The van der Waals surface area contributed by atoms with Gasteiger partial charge in [-0.25, -0.2) is 0 Å². The van der Waals surface area contributed by atoms with Crippen LogP contribution in [0.4, 0.5) is 24.5 Å². The maximum atomic E-state index is 12.4. The van der Waals surface area contributed by atoms with Crippen LogP contribution in [0.5, 0.6) is 0 Å². The average molecular weight is 297 g/mol. The molecule has 0 heterocycles. The van der Waals surface area contributed by atoms with E-state index in [4.69, 9.17) is 16.9 Å². The number of nitrogens with one attached hydrogen (secondary N) is 1. The molecule has 0 aromatic heterocycles. The zero-order valence-electron chi connectivity index (χ0n) is 10.0. The quantitative estimate of drug-likeness (QED) is 0.849. The van der Waals surface area contributed by atoms with Crippen LogP contribution in [0.15, 0.2) is 42.5 Å². The Labute approximate surface area is 118 Å². The lowest BCUT2D eigenvalue weighted by atomic mass is 10.1. The lowest BCUT2D eigenvalue weighted by Crippen LogP contribution is -2.04. The van der Waals surface area contributed by atoms with Crippen LogP contribution >= 0.6 is 11.6 Å². The van der Waals surface area contributed by atoms with Gasteiger partial charge in [0.25, 0.3) is 0 Å². The van der Waals surface area contributed by atoms with Crippen LogP contribution in [0.2, 0.25) is 5.02 Å². The van der Waals surface area contributed by atoms with E-state index in [0.717, 1.165) is 12.1 Å². The maximum absolute atomic E-state index is 12.4. The lowest BCUT2D eigenvalue weighted by Gasteiger charge is -2.10. The predicted octanol–water partition coefficient (Wildman–Crippen LogP) is 4.97. The summed E-state index contributed by atoms with van der Waals surface area (Å²) in [6, 6.07) is 11.2. The Morgan fingerprint density at radius 3 is 2.25 bits per heavy atom. The number of alkyl halides is 3. The Bertz CT molecular complexity index is 658. The van der Waals surface area contributed by atoms with Gasteiger partial charge in [-0.15, -0.1) is 0 Å². The molecule has 0 amide bonds. The minimum Gasteiger partial charge on any atom is -0.354 e. The Hall–Kier alpha value is -2.19. The van der Waals surface area contributed by atoms with Crippen LogP contribution < -0.4 is 5.32 Å². The highest BCUT2D eigenvalue weighted by Gasteiger charge is 2.29. The molecule has 0 radical (unpaired) electrons. The SMILES string of the molecule is N#Cc1cc(Cl)ccc1Nc1ccc(C(F)(F)F)cc1. The van der Waals surface area contributed by atoms with Gasteiger partial charge in [-0.2, -0.15) is 18.4 Å². The molecule has 0 spiro atoms. The molecule has 0 aliphatic rings. The molecule has 2 aromatic carbocycles. The van der Waals surface area contributed by atoms with E-state index in [1.54, 1.807) is 12.1 Å². The Morgan fingerprint density at radius 1 is 1.05 bits per heavy atom. The first kappa shape index (κ1) is 14.2. The molecule has 102 valence electrons. The van der Waals surface area contributed by atoms with Gasteiger partial charge in [0.2, 0.25) is 0 Å². The number of nitrogens with zero attached hydrogens (tertiary/aromatic N) is 1. The number of hydrogen-bond donors (Lipinski definition) is 1. The summed E-state index contributed by atoms with van der Waals surface area (Å²) >= 11 is 5.77. The molecule has 0 aliphatic carbocycles. The van der Waals surface area contributed by atoms with E-state index in [-0.39, 0.29) is 0 Å². The van der Waals surface area contributed by atoms with Crippen molar-refractivity contribution in [1.29, 1.82) is 5.26 Å². The van der Waals surface area contributed by atoms with Gasteiger partial charge >= 0.3 is 6.18 Å². The molecule has 1 N–H and O–H groups in total. The third-order valence-electron chi connectivity index (χ3n) is 2.59. The third-order valence-corrected chi connectivity index (χ3v) is 2.83. The van der Waals surface area contributed by atoms with Crippen LogP contribution in [-0.4, -0.2) is 0 Å². The second-order valence-electron chi connectivity index (χ2n) is 4.00. The van der Waals surface area contributed by atoms with E-state index in [1.807, 2.05) is 6.07 Å². The maximum Gasteiger partial charge on any atom is 0.416 e. The number of anilines is 2. The first-order chi connectivity index (χ1) is 9.40. The Morgan fingerprint density at radius 2 is 1.70 bits per heavy atom. The van der Waals surface area contributed by atoms with Gasteiger partial charge in [0.1, 0.15) is 6.07 Å². The molecule has 2 nitrogen and oxygen atoms in total. The van der Waals surface area contributed by atoms with Gasteiger partial charge in [-0.05, 0) is 42.5 Å². The molecule has 0 saturated carbocycles. The number of benzene rings is 2. The van der Waals surface area contributed by atoms with E-state index in [1.165, 1.54) is 18.2 Å². The van der Waals surface area contributed by atoms with Crippen LogP contribution in [-0.2, 0) is 6.18 Å². The van der Waals surface area contributed by atoms with Crippen molar-refractivity contribution in [1.82, 2.24) is 0 Å². The summed E-state index contributed by atoms with van der Waals surface area (Å²) in [5, 5.41) is 12.3. The molecule has 2 aromatic rings. The molecule has 0 unspecified atom stereocenters. The fourth-order valence-electron chi connectivity index (χ4n) is 1.62. The van der Waals surface area contributed by atoms with Gasteiger partial charge in [0.15, 0.2) is 0 Å². The first-order valence-corrected chi connectivity index (χ1v) is 5.92. The van der Waals surface area contributed by atoms with Crippen molar-refractivity contribution in [2.24, 2.45) is 0 Å². The molecule has 2 rings (SSSR count). The molecular formula is C14H8ClF3N2. The highest BCUT2D eigenvalue weighted by molar-refractivity contribution is 6.30. The van der Waals surface area contributed by atoms with Crippen LogP contribution in [0.3, 0.4) is 0 Å². The minimum atomic E-state index is -4.36. The highest BCUT2D eigenvalue weighted by Crippen LogP contribution is 2.31. The summed E-state index contributed by atoms with van der Waals surface area (Å²) in [5.41, 5.74) is 0.533. The third kappa shape index (κ3) is 3.22. The van der Waals surface area contributed by atoms with Crippen molar-refractivity contribution in [3.8, 4) is 6.07 Å². The summed E-state index contributed by atoms with van der Waals surface area (Å²) in [6.07, 6.45) is -4.36. The molecule has 0 aliphatic heterocycles. The highest BCUT2D eigenvalue weighted by atomic mass is 35.5. The largest absolute Gasteiger partial charge is 0.416 e. The molecule has 0 fully saturated rings. The predicted molar refractivity (Wildman–Crippen MR) is 70.9 cm³/mol. The van der Waals surface area contributed by atoms with Crippen LogP contribution in [0.25, 0.3) is 0 Å². The molecule has 0 atom stereocenters. The van der Waals surface area contributed by atoms with Gasteiger partial charge in [-0.1, -0.05) is 11.6 Å². The van der Waals surface area contributed by atoms with Crippen molar-refractivity contribution >= 4 is 23.0 Å². The van der Waals surface area contributed by atoms with Gasteiger partial charge in [0, 0.05) is 10.7 Å². The minimum absolute atomic E-state index is 0.317. The number of halogens is 4. The lowest BCUT2D eigenvalue weighted by molar-refractivity contribution is -0.137. The zero-order chi connectivity index (χ0) is 14.8. The van der Waals surface area contributed by atoms with E-state index < -0.39 is 11.7 Å². The van der Waals surface area contributed by atoms with Crippen LogP contribution in [0.1, 0.15) is 11.1 Å².